The highest BCUT2D eigenvalue weighted by molar-refractivity contribution is 5.82. The number of likely N-dealkylation sites (N-methyl/N-ethyl adjacent to an activating group) is 1. The maximum Gasteiger partial charge on any atom is 0.227 e. The fourth-order valence-electron chi connectivity index (χ4n) is 1.21. The molecular weight excluding hydrogens is 138 g/mol. The maximum atomic E-state index is 11.2. The predicted octanol–water partition coefficient (Wildman–Crippen LogP) is 1.35. The van der Waals surface area contributed by atoms with E-state index in [1.807, 2.05) is 13.0 Å². The summed E-state index contributed by atoms with van der Waals surface area (Å²) in [7, 11) is 1.81. The first-order valence-electron chi connectivity index (χ1n) is 3.72. The number of piperidine rings is 1. The van der Waals surface area contributed by atoms with Gasteiger partial charge in [-0.05, 0) is 18.1 Å². The second kappa shape index (κ2) is 2.91. The Hall–Kier alpha value is -1.05. The van der Waals surface area contributed by atoms with Crippen molar-refractivity contribution in [2.24, 2.45) is 0 Å². The quantitative estimate of drug-likeness (QED) is 0.511. The molecule has 0 saturated carbocycles. The SMILES string of the molecule is C=C1CN(C)C(=O)C/C1=C/C. The lowest BCUT2D eigenvalue weighted by atomic mass is 9.99. The van der Waals surface area contributed by atoms with Crippen molar-refractivity contribution in [3.63, 3.8) is 0 Å². The summed E-state index contributed by atoms with van der Waals surface area (Å²) in [5.74, 6) is 0.186. The molecule has 1 saturated heterocycles. The van der Waals surface area contributed by atoms with Gasteiger partial charge in [-0.2, -0.15) is 0 Å². The van der Waals surface area contributed by atoms with Crippen LogP contribution in [0.15, 0.2) is 23.8 Å². The van der Waals surface area contributed by atoms with Crippen LogP contribution < -0.4 is 0 Å². The third-order valence-electron chi connectivity index (χ3n) is 2.00. The topological polar surface area (TPSA) is 20.3 Å². The summed E-state index contributed by atoms with van der Waals surface area (Å²) in [6.07, 6.45) is 2.49. The summed E-state index contributed by atoms with van der Waals surface area (Å²) < 4.78 is 0. The minimum atomic E-state index is 0.186. The van der Waals surface area contributed by atoms with Crippen molar-refractivity contribution in [3.8, 4) is 0 Å². The van der Waals surface area contributed by atoms with Crippen LogP contribution in [-0.2, 0) is 4.79 Å². The normalized spacial score (nSPS) is 23.1. The number of likely N-dealkylation sites (tertiary alicyclic amines) is 1. The molecule has 0 bridgehead atoms. The zero-order chi connectivity index (χ0) is 8.43. The number of rotatable bonds is 0. The standard InChI is InChI=1S/C9H13NO/c1-4-8-5-9(11)10(3)6-7(8)2/h4H,2,5-6H2,1,3H3/b8-4-. The summed E-state index contributed by atoms with van der Waals surface area (Å²) in [4.78, 5) is 12.9. The van der Waals surface area contributed by atoms with Crippen molar-refractivity contribution in [2.75, 3.05) is 13.6 Å². The largest absolute Gasteiger partial charge is 0.341 e. The van der Waals surface area contributed by atoms with Crippen molar-refractivity contribution in [2.45, 2.75) is 13.3 Å². The molecule has 0 aromatic carbocycles. The molecule has 1 fully saturated rings. The Morgan fingerprint density at radius 1 is 1.64 bits per heavy atom. The molecule has 2 nitrogen and oxygen atoms in total. The van der Waals surface area contributed by atoms with E-state index in [2.05, 4.69) is 6.58 Å². The molecule has 60 valence electrons. The number of amides is 1. The minimum absolute atomic E-state index is 0.186. The van der Waals surface area contributed by atoms with Crippen molar-refractivity contribution >= 4 is 5.91 Å². The molecule has 0 aliphatic carbocycles. The Labute approximate surface area is 67.2 Å². The Morgan fingerprint density at radius 3 is 2.82 bits per heavy atom. The number of carbonyl (C=O) groups excluding carboxylic acids is 1. The molecule has 1 rings (SSSR count). The highest BCUT2D eigenvalue weighted by atomic mass is 16.2. The van der Waals surface area contributed by atoms with E-state index in [-0.39, 0.29) is 5.91 Å². The van der Waals surface area contributed by atoms with E-state index >= 15 is 0 Å². The number of allylic oxidation sites excluding steroid dienone is 1. The van der Waals surface area contributed by atoms with E-state index in [4.69, 9.17) is 0 Å². The molecule has 1 aliphatic heterocycles. The fourth-order valence-corrected chi connectivity index (χ4v) is 1.21. The summed E-state index contributed by atoms with van der Waals surface area (Å²) in [5.41, 5.74) is 2.16. The van der Waals surface area contributed by atoms with Crippen LogP contribution in [0.25, 0.3) is 0 Å². The first kappa shape index (κ1) is 8.05. The van der Waals surface area contributed by atoms with Crippen LogP contribution in [0.3, 0.4) is 0 Å². The molecule has 1 heterocycles. The Kier molecular flexibility index (Phi) is 2.13. The van der Waals surface area contributed by atoms with Gasteiger partial charge in [0.05, 0.1) is 6.42 Å². The molecule has 1 aliphatic rings. The van der Waals surface area contributed by atoms with E-state index in [0.29, 0.717) is 13.0 Å². The van der Waals surface area contributed by atoms with Crippen LogP contribution in [0, 0.1) is 0 Å². The van der Waals surface area contributed by atoms with Gasteiger partial charge in [0, 0.05) is 13.6 Å². The van der Waals surface area contributed by atoms with Gasteiger partial charge in [0.1, 0.15) is 0 Å². The van der Waals surface area contributed by atoms with Crippen LogP contribution >= 0.6 is 0 Å². The van der Waals surface area contributed by atoms with Crippen LogP contribution in [0.5, 0.6) is 0 Å². The molecule has 2 heteroatoms. The average Bonchev–Trinajstić information content (AvgIpc) is 1.97. The molecule has 0 unspecified atom stereocenters. The van der Waals surface area contributed by atoms with Gasteiger partial charge in [-0.25, -0.2) is 0 Å². The third-order valence-corrected chi connectivity index (χ3v) is 2.00. The monoisotopic (exact) mass is 151 g/mol. The molecule has 0 spiro atoms. The average molecular weight is 151 g/mol. The van der Waals surface area contributed by atoms with E-state index < -0.39 is 0 Å². The number of hydrogen-bond donors (Lipinski definition) is 0. The number of hydrogen-bond acceptors (Lipinski definition) is 1. The molecule has 0 radical (unpaired) electrons. The first-order chi connectivity index (χ1) is 5.15. The highest BCUT2D eigenvalue weighted by Gasteiger charge is 2.19. The van der Waals surface area contributed by atoms with Gasteiger partial charge in [-0.1, -0.05) is 12.7 Å². The van der Waals surface area contributed by atoms with Gasteiger partial charge in [0.25, 0.3) is 0 Å². The van der Waals surface area contributed by atoms with Crippen LogP contribution in [0.1, 0.15) is 13.3 Å². The van der Waals surface area contributed by atoms with Crippen molar-refractivity contribution in [1.29, 1.82) is 0 Å². The zero-order valence-corrected chi connectivity index (χ0v) is 7.05. The van der Waals surface area contributed by atoms with Crippen molar-refractivity contribution in [1.82, 2.24) is 4.90 Å². The van der Waals surface area contributed by atoms with E-state index in [0.717, 1.165) is 11.1 Å². The summed E-state index contributed by atoms with van der Waals surface area (Å²) >= 11 is 0. The second-order valence-corrected chi connectivity index (χ2v) is 2.84. The first-order valence-corrected chi connectivity index (χ1v) is 3.72. The van der Waals surface area contributed by atoms with Crippen molar-refractivity contribution in [3.05, 3.63) is 23.8 Å². The van der Waals surface area contributed by atoms with E-state index in [9.17, 15) is 4.79 Å². The Bertz CT molecular complexity index is 228. The van der Waals surface area contributed by atoms with E-state index in [1.54, 1.807) is 11.9 Å². The number of nitrogens with zero attached hydrogens (tertiary/aromatic N) is 1. The van der Waals surface area contributed by atoms with Crippen LogP contribution in [0.4, 0.5) is 0 Å². The Morgan fingerprint density at radius 2 is 2.27 bits per heavy atom. The summed E-state index contributed by atoms with van der Waals surface area (Å²) in [5, 5.41) is 0. The van der Waals surface area contributed by atoms with Crippen molar-refractivity contribution < 1.29 is 4.79 Å². The third kappa shape index (κ3) is 1.50. The second-order valence-electron chi connectivity index (χ2n) is 2.84. The highest BCUT2D eigenvalue weighted by Crippen LogP contribution is 2.19. The smallest absolute Gasteiger partial charge is 0.227 e. The molecule has 0 aromatic heterocycles. The molecule has 0 atom stereocenters. The van der Waals surface area contributed by atoms with Crippen LogP contribution in [0.2, 0.25) is 0 Å². The van der Waals surface area contributed by atoms with Gasteiger partial charge in [-0.15, -0.1) is 0 Å². The minimum Gasteiger partial charge on any atom is -0.341 e. The van der Waals surface area contributed by atoms with Gasteiger partial charge >= 0.3 is 0 Å². The maximum absolute atomic E-state index is 11.2. The molecule has 0 N–H and O–H groups in total. The summed E-state index contributed by atoms with van der Waals surface area (Å²) in [6.45, 7) is 6.51. The van der Waals surface area contributed by atoms with Gasteiger partial charge in [0.15, 0.2) is 0 Å². The van der Waals surface area contributed by atoms with Gasteiger partial charge in [-0.3, -0.25) is 4.79 Å². The van der Waals surface area contributed by atoms with Gasteiger partial charge in [0.2, 0.25) is 5.91 Å². The lowest BCUT2D eigenvalue weighted by Crippen LogP contribution is -2.33. The number of carbonyl (C=O) groups is 1. The molecule has 0 aromatic rings. The fraction of sp³-hybridized carbons (Fsp3) is 0.444. The molecule has 1 amide bonds. The van der Waals surface area contributed by atoms with E-state index in [1.165, 1.54) is 0 Å². The van der Waals surface area contributed by atoms with Gasteiger partial charge < -0.3 is 4.90 Å². The molecular formula is C9H13NO. The predicted molar refractivity (Wildman–Crippen MR) is 45.2 cm³/mol. The van der Waals surface area contributed by atoms with Crippen LogP contribution in [-0.4, -0.2) is 24.4 Å². The lowest BCUT2D eigenvalue weighted by molar-refractivity contribution is -0.129. The lowest BCUT2D eigenvalue weighted by Gasteiger charge is -2.25. The zero-order valence-electron chi connectivity index (χ0n) is 7.05. The Balaban J connectivity index is 2.78. The summed E-state index contributed by atoms with van der Waals surface area (Å²) in [6, 6.07) is 0. The molecule has 11 heavy (non-hydrogen) atoms.